The second-order valence-corrected chi connectivity index (χ2v) is 7.87. The summed E-state index contributed by atoms with van der Waals surface area (Å²) in [6, 6.07) is 14.9. The van der Waals surface area contributed by atoms with E-state index in [9.17, 15) is 9.18 Å². The average Bonchev–Trinajstić information content (AvgIpc) is 2.68. The summed E-state index contributed by atoms with van der Waals surface area (Å²) in [6.07, 6.45) is 2.58. The van der Waals surface area contributed by atoms with Crippen molar-refractivity contribution in [1.82, 2.24) is 4.90 Å². The maximum absolute atomic E-state index is 13.7. The molecule has 1 heterocycles. The van der Waals surface area contributed by atoms with Crippen molar-refractivity contribution in [3.05, 3.63) is 65.5 Å². The molecule has 2 aliphatic rings. The molecule has 0 unspecified atom stereocenters. The van der Waals surface area contributed by atoms with Crippen LogP contribution in [0.4, 0.5) is 10.1 Å². The summed E-state index contributed by atoms with van der Waals surface area (Å²) < 4.78 is 19.1. The number of carbonyl (C=O) groups is 1. The molecule has 2 fully saturated rings. The van der Waals surface area contributed by atoms with Crippen LogP contribution in [-0.4, -0.2) is 44.2 Å². The van der Waals surface area contributed by atoms with Crippen molar-refractivity contribution >= 4 is 11.6 Å². The van der Waals surface area contributed by atoms with Crippen LogP contribution < -0.4 is 4.90 Å². The molecule has 1 saturated carbocycles. The first kappa shape index (κ1) is 18.9. The zero-order chi connectivity index (χ0) is 19.6. The molecule has 1 amide bonds. The highest BCUT2D eigenvalue weighted by Gasteiger charge is 2.47. The predicted octanol–water partition coefficient (Wildman–Crippen LogP) is 3.74. The van der Waals surface area contributed by atoms with Gasteiger partial charge in [0, 0.05) is 32.4 Å². The summed E-state index contributed by atoms with van der Waals surface area (Å²) in [5.74, 6) is -0.195. The minimum absolute atomic E-state index is 0.0848. The fourth-order valence-electron chi connectivity index (χ4n) is 4.29. The van der Waals surface area contributed by atoms with Crippen LogP contribution in [0.3, 0.4) is 0 Å². The number of ether oxygens (including phenoxy) is 1. The molecule has 2 aromatic carbocycles. The smallest absolute Gasteiger partial charge is 0.233 e. The van der Waals surface area contributed by atoms with Gasteiger partial charge in [-0.25, -0.2) is 4.39 Å². The molecule has 0 spiro atoms. The van der Waals surface area contributed by atoms with E-state index in [1.165, 1.54) is 17.8 Å². The quantitative estimate of drug-likeness (QED) is 0.790. The third kappa shape index (κ3) is 3.63. The largest absolute Gasteiger partial charge is 0.378 e. The summed E-state index contributed by atoms with van der Waals surface area (Å²) in [7, 11) is 1.84. The number of benzene rings is 2. The lowest BCUT2D eigenvalue weighted by atomic mass is 9.63. The summed E-state index contributed by atoms with van der Waals surface area (Å²) in [6.45, 7) is 3.91. The lowest BCUT2D eigenvalue weighted by molar-refractivity contribution is -0.140. The van der Waals surface area contributed by atoms with Crippen LogP contribution in [0, 0.1) is 5.82 Å². The van der Waals surface area contributed by atoms with Gasteiger partial charge in [-0.15, -0.1) is 0 Å². The number of hydrogen-bond donors (Lipinski definition) is 0. The molecule has 5 heteroatoms. The molecule has 0 aromatic heterocycles. The Bertz CT molecular complexity index is 827. The first-order chi connectivity index (χ1) is 13.6. The summed E-state index contributed by atoms with van der Waals surface area (Å²) >= 11 is 0. The molecule has 148 valence electrons. The van der Waals surface area contributed by atoms with Gasteiger partial charge >= 0.3 is 0 Å². The van der Waals surface area contributed by atoms with Crippen molar-refractivity contribution in [2.75, 3.05) is 38.3 Å². The number of morpholine rings is 1. The zero-order valence-electron chi connectivity index (χ0n) is 16.4. The van der Waals surface area contributed by atoms with Crippen LogP contribution in [0.5, 0.6) is 0 Å². The number of hydrogen-bond acceptors (Lipinski definition) is 3. The van der Waals surface area contributed by atoms with Gasteiger partial charge in [0.25, 0.3) is 0 Å². The molecule has 0 N–H and O–H groups in total. The van der Waals surface area contributed by atoms with Crippen molar-refractivity contribution in [2.45, 2.75) is 31.2 Å². The van der Waals surface area contributed by atoms with Crippen LogP contribution in [0.2, 0.25) is 0 Å². The molecule has 0 atom stereocenters. The number of nitrogens with zero attached hydrogens (tertiary/aromatic N) is 2. The standard InChI is InChI=1S/C23H27FN2O2/c1-25(17-18-6-8-21(9-7-18)26-12-14-28-15-13-26)22(27)23(10-3-11-23)19-4-2-5-20(24)16-19/h2,4-9,16H,3,10-15,17H2,1H3. The Labute approximate surface area is 165 Å². The van der Waals surface area contributed by atoms with E-state index >= 15 is 0 Å². The third-order valence-electron chi connectivity index (χ3n) is 6.07. The molecular formula is C23H27FN2O2. The molecule has 2 aromatic rings. The third-order valence-corrected chi connectivity index (χ3v) is 6.07. The normalized spacial score (nSPS) is 18.4. The lowest BCUT2D eigenvalue weighted by Gasteiger charge is -2.43. The monoisotopic (exact) mass is 382 g/mol. The van der Waals surface area contributed by atoms with E-state index in [0.717, 1.165) is 56.7 Å². The maximum Gasteiger partial charge on any atom is 0.233 e. The minimum Gasteiger partial charge on any atom is -0.378 e. The number of anilines is 1. The molecule has 28 heavy (non-hydrogen) atoms. The van der Waals surface area contributed by atoms with E-state index in [0.29, 0.717) is 6.54 Å². The molecule has 4 rings (SSSR count). The highest BCUT2D eigenvalue weighted by Crippen LogP contribution is 2.45. The number of amides is 1. The van der Waals surface area contributed by atoms with Crippen molar-refractivity contribution in [2.24, 2.45) is 0 Å². The molecule has 1 aliphatic carbocycles. The van der Waals surface area contributed by atoms with Gasteiger partial charge in [-0.3, -0.25) is 4.79 Å². The first-order valence-electron chi connectivity index (χ1n) is 10.0. The fraction of sp³-hybridized carbons (Fsp3) is 0.435. The highest BCUT2D eigenvalue weighted by molar-refractivity contribution is 5.89. The van der Waals surface area contributed by atoms with E-state index < -0.39 is 5.41 Å². The molecule has 1 saturated heterocycles. The Hall–Kier alpha value is -2.40. The van der Waals surface area contributed by atoms with E-state index in [4.69, 9.17) is 4.74 Å². The maximum atomic E-state index is 13.7. The Kier molecular flexibility index (Phi) is 5.36. The van der Waals surface area contributed by atoms with Crippen LogP contribution in [0.1, 0.15) is 30.4 Å². The Morgan fingerprint density at radius 3 is 2.46 bits per heavy atom. The van der Waals surface area contributed by atoms with Gasteiger partial charge in [-0.05, 0) is 48.2 Å². The lowest BCUT2D eigenvalue weighted by Crippen LogP contribution is -2.49. The van der Waals surface area contributed by atoms with Crippen LogP contribution in [0.15, 0.2) is 48.5 Å². The van der Waals surface area contributed by atoms with Crippen molar-refractivity contribution in [3.8, 4) is 0 Å². The molecule has 0 bridgehead atoms. The van der Waals surface area contributed by atoms with E-state index in [2.05, 4.69) is 29.2 Å². The van der Waals surface area contributed by atoms with Gasteiger partial charge in [-0.2, -0.15) is 0 Å². The van der Waals surface area contributed by atoms with Crippen LogP contribution in [0.25, 0.3) is 0 Å². The topological polar surface area (TPSA) is 32.8 Å². The molecular weight excluding hydrogens is 355 g/mol. The van der Waals surface area contributed by atoms with Crippen LogP contribution in [-0.2, 0) is 21.5 Å². The van der Waals surface area contributed by atoms with E-state index in [-0.39, 0.29) is 11.7 Å². The second kappa shape index (κ2) is 7.92. The molecule has 4 nitrogen and oxygen atoms in total. The van der Waals surface area contributed by atoms with Gasteiger partial charge in [-0.1, -0.05) is 30.7 Å². The second-order valence-electron chi connectivity index (χ2n) is 7.87. The number of carbonyl (C=O) groups excluding carboxylic acids is 1. The first-order valence-corrected chi connectivity index (χ1v) is 10.0. The Balaban J connectivity index is 1.45. The van der Waals surface area contributed by atoms with Crippen LogP contribution >= 0.6 is 0 Å². The van der Waals surface area contributed by atoms with Gasteiger partial charge < -0.3 is 14.5 Å². The predicted molar refractivity (Wildman–Crippen MR) is 108 cm³/mol. The number of likely N-dealkylation sites (N-methyl/N-ethyl adjacent to an activating group) is 1. The van der Waals surface area contributed by atoms with Gasteiger partial charge in [0.05, 0.1) is 18.6 Å². The Morgan fingerprint density at radius 2 is 1.86 bits per heavy atom. The summed E-state index contributed by atoms with van der Waals surface area (Å²) in [5, 5.41) is 0. The SMILES string of the molecule is CN(Cc1ccc(N2CCOCC2)cc1)C(=O)C1(c2cccc(F)c2)CCC1. The van der Waals surface area contributed by atoms with Gasteiger partial charge in [0.2, 0.25) is 5.91 Å². The number of rotatable bonds is 5. The van der Waals surface area contributed by atoms with Gasteiger partial charge in [0.15, 0.2) is 0 Å². The van der Waals surface area contributed by atoms with E-state index in [1.807, 2.05) is 13.1 Å². The zero-order valence-corrected chi connectivity index (χ0v) is 16.4. The molecule has 1 aliphatic heterocycles. The fourth-order valence-corrected chi connectivity index (χ4v) is 4.29. The van der Waals surface area contributed by atoms with Gasteiger partial charge in [0.1, 0.15) is 5.82 Å². The molecule has 0 radical (unpaired) electrons. The van der Waals surface area contributed by atoms with Crippen molar-refractivity contribution in [1.29, 1.82) is 0 Å². The number of halogens is 1. The Morgan fingerprint density at radius 1 is 1.14 bits per heavy atom. The van der Waals surface area contributed by atoms with Crippen molar-refractivity contribution < 1.29 is 13.9 Å². The highest BCUT2D eigenvalue weighted by atomic mass is 19.1. The van der Waals surface area contributed by atoms with E-state index in [1.54, 1.807) is 11.0 Å². The summed E-state index contributed by atoms with van der Waals surface area (Å²) in [5.41, 5.74) is 2.53. The van der Waals surface area contributed by atoms with Crippen molar-refractivity contribution in [3.63, 3.8) is 0 Å². The average molecular weight is 382 g/mol. The minimum atomic E-state index is -0.565. The summed E-state index contributed by atoms with van der Waals surface area (Å²) in [4.78, 5) is 17.4.